The Hall–Kier alpha value is -4.40. The molecule has 0 atom stereocenters. The van der Waals surface area contributed by atoms with Gasteiger partial charge in [0, 0.05) is 36.6 Å². The highest BCUT2D eigenvalue weighted by Gasteiger charge is 2.19. The quantitative estimate of drug-likeness (QED) is 0.234. The second kappa shape index (κ2) is 7.55. The van der Waals surface area contributed by atoms with Gasteiger partial charge in [0.05, 0.1) is 11.0 Å². The second-order valence-electron chi connectivity index (χ2n) is 9.36. The summed E-state index contributed by atoms with van der Waals surface area (Å²) in [7, 11) is 0. The lowest BCUT2D eigenvalue weighted by atomic mass is 10.0. The summed E-state index contributed by atoms with van der Waals surface area (Å²) < 4.78 is 5.13. The Balaban J connectivity index is 1.52. The molecule has 2 heteroatoms. The summed E-state index contributed by atoms with van der Waals surface area (Å²) in [6.45, 7) is 0. The number of thiophene rings is 1. The first-order valence-corrected chi connectivity index (χ1v) is 13.1. The van der Waals surface area contributed by atoms with Crippen molar-refractivity contribution in [3.8, 4) is 16.8 Å². The van der Waals surface area contributed by atoms with E-state index in [2.05, 4.69) is 132 Å². The molecule has 6 aromatic carbocycles. The number of fused-ring (bicyclic) bond motifs is 9. The van der Waals surface area contributed by atoms with Gasteiger partial charge in [-0.15, -0.1) is 11.3 Å². The molecule has 0 aliphatic carbocycles. The molecule has 36 heavy (non-hydrogen) atoms. The summed E-state index contributed by atoms with van der Waals surface area (Å²) in [4.78, 5) is 0. The van der Waals surface area contributed by atoms with E-state index in [4.69, 9.17) is 0 Å². The fourth-order valence-electron chi connectivity index (χ4n) is 5.80. The molecule has 8 rings (SSSR count). The Morgan fingerprint density at radius 2 is 1.08 bits per heavy atom. The normalized spacial score (nSPS) is 11.9. The predicted octanol–water partition coefficient (Wildman–Crippen LogP) is 9.97. The van der Waals surface area contributed by atoms with Crippen molar-refractivity contribution in [1.29, 1.82) is 0 Å². The second-order valence-corrected chi connectivity index (χ2v) is 10.4. The third-order valence-electron chi connectivity index (χ3n) is 7.39. The first-order chi connectivity index (χ1) is 17.9. The maximum absolute atomic E-state index is 2.44. The van der Waals surface area contributed by atoms with Crippen molar-refractivity contribution in [3.63, 3.8) is 0 Å². The lowest BCUT2D eigenvalue weighted by molar-refractivity contribution is 1.18. The SMILES string of the molecule is c1ccc(-c2ccc(-n3c4ccc5ccccc5c4c4c5c(ccc43)sc3ccccc35)cc2)cc1. The zero-order chi connectivity index (χ0) is 23.6. The molecule has 0 aliphatic rings. The molecule has 0 radical (unpaired) electrons. The van der Waals surface area contributed by atoms with E-state index in [1.807, 2.05) is 11.3 Å². The summed E-state index contributed by atoms with van der Waals surface area (Å²) in [5.41, 5.74) is 6.16. The number of hydrogen-bond donors (Lipinski definition) is 0. The summed E-state index contributed by atoms with van der Waals surface area (Å²) in [5.74, 6) is 0. The van der Waals surface area contributed by atoms with Crippen LogP contribution in [-0.2, 0) is 0 Å². The molecular formula is C34H21NS. The molecule has 8 aromatic rings. The van der Waals surface area contributed by atoms with Crippen molar-refractivity contribution in [2.75, 3.05) is 0 Å². The largest absolute Gasteiger partial charge is 0.309 e. The first-order valence-electron chi connectivity index (χ1n) is 12.3. The molecule has 0 N–H and O–H groups in total. The molecule has 0 fully saturated rings. The van der Waals surface area contributed by atoms with E-state index in [0.717, 1.165) is 0 Å². The number of benzene rings is 6. The van der Waals surface area contributed by atoms with Crippen molar-refractivity contribution in [1.82, 2.24) is 4.57 Å². The molecule has 0 unspecified atom stereocenters. The highest BCUT2D eigenvalue weighted by molar-refractivity contribution is 7.26. The summed E-state index contributed by atoms with van der Waals surface area (Å²) in [5, 5.41) is 7.99. The van der Waals surface area contributed by atoms with E-state index < -0.39 is 0 Å². The Kier molecular flexibility index (Phi) is 4.16. The molecular weight excluding hydrogens is 454 g/mol. The Bertz CT molecular complexity index is 2080. The highest BCUT2D eigenvalue weighted by Crippen LogP contribution is 2.45. The van der Waals surface area contributed by atoms with Crippen molar-refractivity contribution in [3.05, 3.63) is 127 Å². The smallest absolute Gasteiger partial charge is 0.0548 e. The van der Waals surface area contributed by atoms with Crippen LogP contribution in [0.2, 0.25) is 0 Å². The van der Waals surface area contributed by atoms with Gasteiger partial charge < -0.3 is 4.57 Å². The number of rotatable bonds is 2. The zero-order valence-corrected chi connectivity index (χ0v) is 20.3. The molecule has 0 amide bonds. The standard InChI is InChI=1S/C34H21NS/c1-2-8-22(9-3-1)23-14-17-25(18-15-23)35-28-19-16-24-10-4-5-11-26(24)32(28)34-29(35)20-21-31-33(34)27-12-6-7-13-30(27)36-31/h1-21H. The third-order valence-corrected chi connectivity index (χ3v) is 8.53. The maximum Gasteiger partial charge on any atom is 0.0548 e. The zero-order valence-electron chi connectivity index (χ0n) is 19.5. The lowest BCUT2D eigenvalue weighted by Crippen LogP contribution is -1.93. The van der Waals surface area contributed by atoms with E-state index >= 15 is 0 Å². The molecule has 0 saturated carbocycles. The molecule has 2 aromatic heterocycles. The van der Waals surface area contributed by atoms with Crippen molar-refractivity contribution in [2.45, 2.75) is 0 Å². The predicted molar refractivity (Wildman–Crippen MR) is 157 cm³/mol. The van der Waals surface area contributed by atoms with Crippen LogP contribution in [0.1, 0.15) is 0 Å². The number of hydrogen-bond acceptors (Lipinski definition) is 1. The Labute approximate surface area is 212 Å². The molecule has 1 nitrogen and oxygen atoms in total. The average Bonchev–Trinajstić information content (AvgIpc) is 3.49. The van der Waals surface area contributed by atoms with E-state index in [1.54, 1.807) is 0 Å². The summed E-state index contributed by atoms with van der Waals surface area (Å²) >= 11 is 1.89. The van der Waals surface area contributed by atoms with E-state index in [9.17, 15) is 0 Å². The molecule has 0 bridgehead atoms. The van der Waals surface area contributed by atoms with Crippen LogP contribution in [0.4, 0.5) is 0 Å². The lowest BCUT2D eigenvalue weighted by Gasteiger charge is -2.10. The van der Waals surface area contributed by atoms with Gasteiger partial charge in [-0.2, -0.15) is 0 Å². The van der Waals surface area contributed by atoms with E-state index in [1.165, 1.54) is 69.6 Å². The van der Waals surface area contributed by atoms with Crippen LogP contribution in [-0.4, -0.2) is 4.57 Å². The Morgan fingerprint density at radius 3 is 1.94 bits per heavy atom. The summed E-state index contributed by atoms with van der Waals surface area (Å²) in [6.07, 6.45) is 0. The topological polar surface area (TPSA) is 4.93 Å². The minimum atomic E-state index is 1.18. The van der Waals surface area contributed by atoms with Crippen LogP contribution < -0.4 is 0 Å². The first kappa shape index (κ1) is 19.9. The van der Waals surface area contributed by atoms with Gasteiger partial charge in [0.2, 0.25) is 0 Å². The molecule has 0 spiro atoms. The summed E-state index contributed by atoms with van der Waals surface area (Å²) in [6, 6.07) is 46.3. The average molecular weight is 476 g/mol. The third kappa shape index (κ3) is 2.76. The van der Waals surface area contributed by atoms with Crippen LogP contribution in [0.5, 0.6) is 0 Å². The molecule has 0 saturated heterocycles. The molecule has 2 heterocycles. The van der Waals surface area contributed by atoms with Gasteiger partial charge in [0.1, 0.15) is 0 Å². The van der Waals surface area contributed by atoms with Gasteiger partial charge in [-0.05, 0) is 58.3 Å². The van der Waals surface area contributed by atoms with Crippen molar-refractivity contribution in [2.24, 2.45) is 0 Å². The van der Waals surface area contributed by atoms with Gasteiger partial charge in [0.25, 0.3) is 0 Å². The van der Waals surface area contributed by atoms with E-state index in [0.29, 0.717) is 0 Å². The fraction of sp³-hybridized carbons (Fsp3) is 0. The fourth-order valence-corrected chi connectivity index (χ4v) is 6.91. The van der Waals surface area contributed by atoms with Gasteiger partial charge in [-0.3, -0.25) is 0 Å². The monoisotopic (exact) mass is 475 g/mol. The van der Waals surface area contributed by atoms with Crippen LogP contribution >= 0.6 is 11.3 Å². The molecule has 168 valence electrons. The molecule has 0 aliphatic heterocycles. The van der Waals surface area contributed by atoms with Crippen LogP contribution in [0.15, 0.2) is 127 Å². The van der Waals surface area contributed by atoms with Crippen LogP contribution in [0, 0.1) is 0 Å². The minimum Gasteiger partial charge on any atom is -0.309 e. The van der Waals surface area contributed by atoms with E-state index in [-0.39, 0.29) is 0 Å². The van der Waals surface area contributed by atoms with Crippen LogP contribution in [0.25, 0.3) is 69.6 Å². The van der Waals surface area contributed by atoms with Gasteiger partial charge in [0.15, 0.2) is 0 Å². The van der Waals surface area contributed by atoms with Crippen molar-refractivity contribution < 1.29 is 0 Å². The highest BCUT2D eigenvalue weighted by atomic mass is 32.1. The van der Waals surface area contributed by atoms with Crippen molar-refractivity contribution >= 4 is 64.1 Å². The van der Waals surface area contributed by atoms with Crippen LogP contribution in [0.3, 0.4) is 0 Å². The minimum absolute atomic E-state index is 1.18. The Morgan fingerprint density at radius 1 is 0.417 bits per heavy atom. The number of aromatic nitrogens is 1. The number of nitrogens with zero attached hydrogens (tertiary/aromatic N) is 1. The van der Waals surface area contributed by atoms with Gasteiger partial charge >= 0.3 is 0 Å². The van der Waals surface area contributed by atoms with Gasteiger partial charge in [-0.25, -0.2) is 0 Å². The van der Waals surface area contributed by atoms with Gasteiger partial charge in [-0.1, -0.05) is 91.0 Å². The maximum atomic E-state index is 2.44.